The second kappa shape index (κ2) is 6.49. The van der Waals surface area contributed by atoms with Crippen LogP contribution in [0, 0.1) is 6.92 Å². The van der Waals surface area contributed by atoms with E-state index in [1.54, 1.807) is 11.8 Å². The predicted octanol–water partition coefficient (Wildman–Crippen LogP) is 5.49. The molecule has 0 unspecified atom stereocenters. The number of thioether (sulfide) groups is 1. The van der Waals surface area contributed by atoms with Crippen LogP contribution in [0.1, 0.15) is 11.5 Å². The Morgan fingerprint density at radius 2 is 1.75 bits per heavy atom. The topological polar surface area (TPSA) is 38.9 Å². The van der Waals surface area contributed by atoms with Gasteiger partial charge in [0.25, 0.3) is 0 Å². The van der Waals surface area contributed by atoms with Gasteiger partial charge in [0, 0.05) is 27.8 Å². The molecule has 0 saturated carbocycles. The maximum absolute atomic E-state index is 5.84. The summed E-state index contributed by atoms with van der Waals surface area (Å²) in [5, 5.41) is 1.18. The maximum atomic E-state index is 5.84. The molecule has 0 bridgehead atoms. The van der Waals surface area contributed by atoms with E-state index < -0.39 is 0 Å². The van der Waals surface area contributed by atoms with Crippen molar-refractivity contribution in [2.75, 3.05) is 0 Å². The van der Waals surface area contributed by atoms with Crippen LogP contribution in [0.15, 0.2) is 76.2 Å². The van der Waals surface area contributed by atoms with Crippen LogP contribution in [-0.2, 0) is 5.75 Å². The summed E-state index contributed by atoms with van der Waals surface area (Å²) in [5.74, 6) is 2.33. The zero-order valence-corrected chi connectivity index (χ0v) is 14.1. The summed E-state index contributed by atoms with van der Waals surface area (Å²) in [4.78, 5) is 10.3. The van der Waals surface area contributed by atoms with Gasteiger partial charge >= 0.3 is 0 Å². The maximum Gasteiger partial charge on any atom is 0.226 e. The smallest absolute Gasteiger partial charge is 0.226 e. The highest BCUT2D eigenvalue weighted by atomic mass is 32.2. The highest BCUT2D eigenvalue weighted by Crippen LogP contribution is 2.31. The van der Waals surface area contributed by atoms with E-state index in [1.807, 2.05) is 61.7 Å². The zero-order valence-electron chi connectivity index (χ0n) is 13.3. The zero-order chi connectivity index (χ0) is 16.4. The van der Waals surface area contributed by atoms with Gasteiger partial charge in [0.05, 0.1) is 11.2 Å². The largest absolute Gasteiger partial charge is 0.441 e. The van der Waals surface area contributed by atoms with E-state index >= 15 is 0 Å². The second-order valence-electron chi connectivity index (χ2n) is 5.50. The molecule has 0 aliphatic heterocycles. The Morgan fingerprint density at radius 1 is 0.958 bits per heavy atom. The molecule has 4 rings (SSSR count). The van der Waals surface area contributed by atoms with Gasteiger partial charge in [0.2, 0.25) is 5.89 Å². The molecule has 24 heavy (non-hydrogen) atoms. The van der Waals surface area contributed by atoms with Crippen molar-refractivity contribution in [2.24, 2.45) is 0 Å². The Balaban J connectivity index is 1.59. The van der Waals surface area contributed by atoms with Gasteiger partial charge in [-0.25, -0.2) is 4.98 Å². The minimum atomic E-state index is 0.684. The molecule has 3 nitrogen and oxygen atoms in total. The third kappa shape index (κ3) is 2.93. The van der Waals surface area contributed by atoms with Crippen LogP contribution in [0.3, 0.4) is 0 Å². The number of nitrogens with zero attached hydrogens (tertiary/aromatic N) is 2. The summed E-state index contributed by atoms with van der Waals surface area (Å²) >= 11 is 1.76. The standard InChI is InChI=1S/C20H16N2OS/c1-14-18(22-20(23-14)15-7-3-2-4-8-15)13-24-19-11-12-21-17-10-6-5-9-16(17)19/h2-12H,13H2,1H3. The number of hydrogen-bond acceptors (Lipinski definition) is 4. The predicted molar refractivity (Wildman–Crippen MR) is 98.0 cm³/mol. The summed E-state index contributed by atoms with van der Waals surface area (Å²) in [6, 6.07) is 20.3. The first-order valence-corrected chi connectivity index (χ1v) is 8.78. The van der Waals surface area contributed by atoms with Crippen LogP contribution in [0.25, 0.3) is 22.4 Å². The van der Waals surface area contributed by atoms with E-state index in [-0.39, 0.29) is 0 Å². The van der Waals surface area contributed by atoms with Crippen LogP contribution < -0.4 is 0 Å². The fourth-order valence-electron chi connectivity index (χ4n) is 2.61. The lowest BCUT2D eigenvalue weighted by molar-refractivity contribution is 0.540. The first kappa shape index (κ1) is 15.0. The molecule has 2 heterocycles. The number of rotatable bonds is 4. The van der Waals surface area contributed by atoms with E-state index in [2.05, 4.69) is 22.1 Å². The molecule has 0 spiro atoms. The van der Waals surface area contributed by atoms with E-state index in [4.69, 9.17) is 4.42 Å². The Labute approximate surface area is 144 Å². The molecule has 4 aromatic rings. The van der Waals surface area contributed by atoms with Crippen molar-refractivity contribution in [3.05, 3.63) is 78.3 Å². The highest BCUT2D eigenvalue weighted by molar-refractivity contribution is 7.98. The van der Waals surface area contributed by atoms with Crippen LogP contribution in [-0.4, -0.2) is 9.97 Å². The quantitative estimate of drug-likeness (QED) is 0.463. The number of aromatic nitrogens is 2. The third-order valence-electron chi connectivity index (χ3n) is 3.89. The van der Waals surface area contributed by atoms with E-state index in [1.165, 1.54) is 10.3 Å². The number of oxazole rings is 1. The molecule has 0 aliphatic rings. The average molecular weight is 332 g/mol. The van der Waals surface area contributed by atoms with Crippen molar-refractivity contribution in [2.45, 2.75) is 17.6 Å². The lowest BCUT2D eigenvalue weighted by atomic mass is 10.2. The minimum Gasteiger partial charge on any atom is -0.441 e. The number of hydrogen-bond donors (Lipinski definition) is 0. The lowest BCUT2D eigenvalue weighted by Gasteiger charge is -2.04. The van der Waals surface area contributed by atoms with Gasteiger partial charge in [-0.15, -0.1) is 11.8 Å². The van der Waals surface area contributed by atoms with Gasteiger partial charge in [-0.1, -0.05) is 36.4 Å². The first-order chi connectivity index (χ1) is 11.8. The van der Waals surface area contributed by atoms with Gasteiger partial charge in [0.15, 0.2) is 0 Å². The molecule has 0 radical (unpaired) electrons. The molecule has 0 atom stereocenters. The first-order valence-electron chi connectivity index (χ1n) is 7.79. The molecule has 4 heteroatoms. The van der Waals surface area contributed by atoms with Crippen molar-refractivity contribution < 1.29 is 4.42 Å². The van der Waals surface area contributed by atoms with Crippen molar-refractivity contribution in [3.63, 3.8) is 0 Å². The Kier molecular flexibility index (Phi) is 4.05. The van der Waals surface area contributed by atoms with Gasteiger partial charge in [-0.2, -0.15) is 0 Å². The van der Waals surface area contributed by atoms with Crippen LogP contribution >= 0.6 is 11.8 Å². The molecule has 2 aromatic carbocycles. The number of para-hydroxylation sites is 1. The molecule has 0 aliphatic carbocycles. The van der Waals surface area contributed by atoms with Crippen molar-refractivity contribution in [3.8, 4) is 11.5 Å². The second-order valence-corrected chi connectivity index (χ2v) is 6.52. The summed E-state index contributed by atoms with van der Waals surface area (Å²) in [6.07, 6.45) is 1.86. The van der Waals surface area contributed by atoms with Crippen LogP contribution in [0.2, 0.25) is 0 Å². The summed E-state index contributed by atoms with van der Waals surface area (Å²) < 4.78 is 5.84. The van der Waals surface area contributed by atoms with E-state index in [0.29, 0.717) is 5.89 Å². The number of fused-ring (bicyclic) bond motifs is 1. The SMILES string of the molecule is Cc1oc(-c2ccccc2)nc1CSc1ccnc2ccccc12. The molecular weight excluding hydrogens is 316 g/mol. The fraction of sp³-hybridized carbons (Fsp3) is 0.100. The Morgan fingerprint density at radius 3 is 2.62 bits per heavy atom. The molecule has 118 valence electrons. The van der Waals surface area contributed by atoms with Gasteiger partial charge < -0.3 is 4.42 Å². The lowest BCUT2D eigenvalue weighted by Crippen LogP contribution is -1.86. The number of pyridine rings is 1. The van der Waals surface area contributed by atoms with Gasteiger partial charge in [0.1, 0.15) is 5.76 Å². The van der Waals surface area contributed by atoms with Crippen molar-refractivity contribution in [1.29, 1.82) is 0 Å². The minimum absolute atomic E-state index is 0.684. The Bertz CT molecular complexity index is 974. The van der Waals surface area contributed by atoms with Gasteiger partial charge in [-0.3, -0.25) is 4.98 Å². The molecular formula is C20H16N2OS. The third-order valence-corrected chi connectivity index (χ3v) is 4.97. The van der Waals surface area contributed by atoms with Crippen molar-refractivity contribution >= 4 is 22.7 Å². The molecule has 0 amide bonds. The normalized spacial score (nSPS) is 11.0. The van der Waals surface area contributed by atoms with E-state index in [9.17, 15) is 0 Å². The summed E-state index contributed by atoms with van der Waals surface area (Å²) in [6.45, 7) is 1.97. The van der Waals surface area contributed by atoms with Crippen LogP contribution in [0.4, 0.5) is 0 Å². The molecule has 0 N–H and O–H groups in total. The highest BCUT2D eigenvalue weighted by Gasteiger charge is 2.12. The number of benzene rings is 2. The van der Waals surface area contributed by atoms with E-state index in [0.717, 1.165) is 28.3 Å². The monoisotopic (exact) mass is 332 g/mol. The summed E-state index contributed by atoms with van der Waals surface area (Å²) in [5.41, 5.74) is 3.01. The van der Waals surface area contributed by atoms with Gasteiger partial charge in [-0.05, 0) is 31.2 Å². The number of aryl methyl sites for hydroxylation is 1. The summed E-state index contributed by atoms with van der Waals surface area (Å²) in [7, 11) is 0. The Hall–Kier alpha value is -2.59. The average Bonchev–Trinajstić information content (AvgIpc) is 3.01. The fourth-order valence-corrected chi connectivity index (χ4v) is 3.65. The molecule has 0 saturated heterocycles. The molecule has 2 aromatic heterocycles. The van der Waals surface area contributed by atoms with Crippen molar-refractivity contribution in [1.82, 2.24) is 9.97 Å². The molecule has 0 fully saturated rings. The van der Waals surface area contributed by atoms with Crippen LogP contribution in [0.5, 0.6) is 0 Å².